The normalized spacial score (nSPS) is 19.0. The van der Waals surface area contributed by atoms with E-state index in [1.54, 1.807) is 7.11 Å². The van der Waals surface area contributed by atoms with Crippen molar-refractivity contribution in [2.45, 2.75) is 6.04 Å². The molecular weight excluding hydrogens is 202 g/mol. The molecule has 0 saturated heterocycles. The van der Waals surface area contributed by atoms with Gasteiger partial charge in [-0.15, -0.1) is 0 Å². The van der Waals surface area contributed by atoms with Gasteiger partial charge in [0, 0.05) is 19.7 Å². The molecule has 1 aliphatic heterocycles. The Morgan fingerprint density at radius 3 is 3.00 bits per heavy atom. The molecule has 1 aromatic carbocycles. The number of rotatable bonds is 2. The van der Waals surface area contributed by atoms with E-state index in [0.717, 1.165) is 6.07 Å². The van der Waals surface area contributed by atoms with Crippen LogP contribution in [0.1, 0.15) is 0 Å². The molecule has 0 bridgehead atoms. The largest absolute Gasteiger partial charge is 0.382 e. The van der Waals surface area contributed by atoms with Crippen LogP contribution in [0.25, 0.3) is 0 Å². The van der Waals surface area contributed by atoms with Gasteiger partial charge in [0.15, 0.2) is 5.82 Å². The molecule has 15 heavy (non-hydrogen) atoms. The molecule has 0 aliphatic carbocycles. The molecule has 0 spiro atoms. The minimum Gasteiger partial charge on any atom is -0.382 e. The SMILES string of the molecule is COCC1CNc2c(F)cc(F)cc2N1. The zero-order valence-corrected chi connectivity index (χ0v) is 8.31. The second-order valence-corrected chi connectivity index (χ2v) is 3.49. The number of nitrogens with one attached hydrogen (secondary N) is 2. The fraction of sp³-hybridized carbons (Fsp3) is 0.400. The number of fused-ring (bicyclic) bond motifs is 1. The number of ether oxygens (including phenoxy) is 1. The molecule has 1 heterocycles. The molecule has 1 aliphatic rings. The first-order valence-corrected chi connectivity index (χ1v) is 4.69. The van der Waals surface area contributed by atoms with E-state index < -0.39 is 11.6 Å². The van der Waals surface area contributed by atoms with Crippen molar-refractivity contribution in [2.24, 2.45) is 0 Å². The summed E-state index contributed by atoms with van der Waals surface area (Å²) in [6, 6.07) is 2.17. The van der Waals surface area contributed by atoms with Gasteiger partial charge in [0.25, 0.3) is 0 Å². The third-order valence-electron chi connectivity index (χ3n) is 2.31. The first-order chi connectivity index (χ1) is 7.20. The van der Waals surface area contributed by atoms with Crippen LogP contribution in [-0.4, -0.2) is 26.3 Å². The summed E-state index contributed by atoms with van der Waals surface area (Å²) in [4.78, 5) is 0. The van der Waals surface area contributed by atoms with Gasteiger partial charge in [-0.3, -0.25) is 0 Å². The Hall–Kier alpha value is -1.36. The molecule has 3 nitrogen and oxygen atoms in total. The summed E-state index contributed by atoms with van der Waals surface area (Å²) in [6.07, 6.45) is 0. The maximum atomic E-state index is 13.3. The Morgan fingerprint density at radius 1 is 1.47 bits per heavy atom. The summed E-state index contributed by atoms with van der Waals surface area (Å²) in [7, 11) is 1.59. The number of hydrogen-bond donors (Lipinski definition) is 2. The highest BCUT2D eigenvalue weighted by atomic mass is 19.1. The highest BCUT2D eigenvalue weighted by Gasteiger charge is 2.20. The summed E-state index contributed by atoms with van der Waals surface area (Å²) >= 11 is 0. The van der Waals surface area contributed by atoms with E-state index in [0.29, 0.717) is 24.5 Å². The van der Waals surface area contributed by atoms with Gasteiger partial charge in [-0.2, -0.15) is 0 Å². The van der Waals surface area contributed by atoms with Crippen molar-refractivity contribution in [2.75, 3.05) is 30.9 Å². The van der Waals surface area contributed by atoms with E-state index in [9.17, 15) is 8.78 Å². The van der Waals surface area contributed by atoms with Crippen LogP contribution in [0.4, 0.5) is 20.2 Å². The summed E-state index contributed by atoms with van der Waals surface area (Å²) in [5.74, 6) is -1.16. The molecule has 1 atom stereocenters. The fourth-order valence-electron chi connectivity index (χ4n) is 1.67. The molecule has 1 unspecified atom stereocenters. The van der Waals surface area contributed by atoms with Gasteiger partial charge in [0.05, 0.1) is 24.0 Å². The van der Waals surface area contributed by atoms with Gasteiger partial charge >= 0.3 is 0 Å². The Morgan fingerprint density at radius 2 is 2.27 bits per heavy atom. The molecule has 0 fully saturated rings. The zero-order chi connectivity index (χ0) is 10.8. The Balaban J connectivity index is 2.25. The average molecular weight is 214 g/mol. The van der Waals surface area contributed by atoms with Crippen LogP contribution in [-0.2, 0) is 4.74 Å². The number of halogens is 2. The third-order valence-corrected chi connectivity index (χ3v) is 2.31. The van der Waals surface area contributed by atoms with Crippen molar-refractivity contribution in [3.63, 3.8) is 0 Å². The van der Waals surface area contributed by atoms with Crippen molar-refractivity contribution in [1.29, 1.82) is 0 Å². The molecule has 1 aromatic rings. The van der Waals surface area contributed by atoms with Crippen LogP contribution < -0.4 is 10.6 Å². The Bertz CT molecular complexity index is 371. The van der Waals surface area contributed by atoms with E-state index >= 15 is 0 Å². The van der Waals surface area contributed by atoms with Crippen LogP contribution in [0.5, 0.6) is 0 Å². The van der Waals surface area contributed by atoms with Crippen molar-refractivity contribution < 1.29 is 13.5 Å². The topological polar surface area (TPSA) is 33.3 Å². The second kappa shape index (κ2) is 4.02. The molecule has 5 heteroatoms. The molecule has 82 valence electrons. The predicted octanol–water partition coefficient (Wildman–Crippen LogP) is 1.82. The number of methoxy groups -OCH3 is 1. The van der Waals surface area contributed by atoms with Gasteiger partial charge in [0.2, 0.25) is 0 Å². The standard InChI is InChI=1S/C10H12F2N2O/c1-15-5-7-4-13-10-8(12)2-6(11)3-9(10)14-7/h2-3,7,13-14H,4-5H2,1H3. The van der Waals surface area contributed by atoms with E-state index in [-0.39, 0.29) is 6.04 Å². The summed E-state index contributed by atoms with van der Waals surface area (Å²) < 4.78 is 31.2. The molecule has 2 N–H and O–H groups in total. The second-order valence-electron chi connectivity index (χ2n) is 3.49. The van der Waals surface area contributed by atoms with Crippen LogP contribution in [0.15, 0.2) is 12.1 Å². The van der Waals surface area contributed by atoms with E-state index in [4.69, 9.17) is 4.74 Å². The smallest absolute Gasteiger partial charge is 0.151 e. The molecule has 0 aromatic heterocycles. The average Bonchev–Trinajstić information content (AvgIpc) is 2.17. The van der Waals surface area contributed by atoms with Gasteiger partial charge < -0.3 is 15.4 Å². The van der Waals surface area contributed by atoms with Gasteiger partial charge in [0.1, 0.15) is 5.82 Å². The minimum absolute atomic E-state index is 0.0312. The first-order valence-electron chi connectivity index (χ1n) is 4.69. The molecule has 0 saturated carbocycles. The number of benzene rings is 1. The quantitative estimate of drug-likeness (QED) is 0.787. The summed E-state index contributed by atoms with van der Waals surface area (Å²) in [5, 5.41) is 5.92. The number of anilines is 2. The molecule has 2 rings (SSSR count). The highest BCUT2D eigenvalue weighted by Crippen LogP contribution is 2.29. The predicted molar refractivity (Wildman–Crippen MR) is 54.1 cm³/mol. The third kappa shape index (κ3) is 2.02. The lowest BCUT2D eigenvalue weighted by Gasteiger charge is -2.28. The van der Waals surface area contributed by atoms with E-state index in [1.807, 2.05) is 0 Å². The van der Waals surface area contributed by atoms with Gasteiger partial charge in [-0.25, -0.2) is 8.78 Å². The molecular formula is C10H12F2N2O. The van der Waals surface area contributed by atoms with E-state index in [1.165, 1.54) is 6.07 Å². The van der Waals surface area contributed by atoms with Crippen molar-refractivity contribution in [1.82, 2.24) is 0 Å². The number of hydrogen-bond acceptors (Lipinski definition) is 3. The van der Waals surface area contributed by atoms with Crippen molar-refractivity contribution in [3.05, 3.63) is 23.8 Å². The van der Waals surface area contributed by atoms with Gasteiger partial charge in [-0.1, -0.05) is 0 Å². The lowest BCUT2D eigenvalue weighted by atomic mass is 10.1. The molecule has 0 radical (unpaired) electrons. The summed E-state index contributed by atoms with van der Waals surface area (Å²) in [5.41, 5.74) is 0.768. The minimum atomic E-state index is -0.585. The van der Waals surface area contributed by atoms with Gasteiger partial charge in [-0.05, 0) is 6.07 Å². The van der Waals surface area contributed by atoms with Crippen LogP contribution >= 0.6 is 0 Å². The lowest BCUT2D eigenvalue weighted by molar-refractivity contribution is 0.188. The molecule has 0 amide bonds. The lowest BCUT2D eigenvalue weighted by Crippen LogP contribution is -2.36. The van der Waals surface area contributed by atoms with Crippen molar-refractivity contribution in [3.8, 4) is 0 Å². The van der Waals surface area contributed by atoms with Crippen LogP contribution in [0.3, 0.4) is 0 Å². The monoisotopic (exact) mass is 214 g/mol. The van der Waals surface area contributed by atoms with Crippen LogP contribution in [0.2, 0.25) is 0 Å². The van der Waals surface area contributed by atoms with Crippen molar-refractivity contribution >= 4 is 11.4 Å². The zero-order valence-electron chi connectivity index (χ0n) is 8.31. The van der Waals surface area contributed by atoms with E-state index in [2.05, 4.69) is 10.6 Å². The Labute approximate surface area is 86.4 Å². The first kappa shape index (κ1) is 10.2. The van der Waals surface area contributed by atoms with Crippen LogP contribution in [0, 0.1) is 11.6 Å². The summed E-state index contributed by atoms with van der Waals surface area (Å²) in [6.45, 7) is 1.05. The fourth-order valence-corrected chi connectivity index (χ4v) is 1.67. The maximum absolute atomic E-state index is 13.3. The Kier molecular flexibility index (Phi) is 2.73. The highest BCUT2D eigenvalue weighted by molar-refractivity contribution is 5.72. The maximum Gasteiger partial charge on any atom is 0.151 e.